The van der Waals surface area contributed by atoms with Crippen molar-refractivity contribution in [2.45, 2.75) is 45.3 Å². The van der Waals surface area contributed by atoms with E-state index in [1.807, 2.05) is 0 Å². The van der Waals surface area contributed by atoms with Gasteiger partial charge in [0.25, 0.3) is 0 Å². The minimum atomic E-state index is -0.635. The van der Waals surface area contributed by atoms with Gasteiger partial charge in [-0.05, 0) is 33.6 Å². The third-order valence-electron chi connectivity index (χ3n) is 3.83. The van der Waals surface area contributed by atoms with Gasteiger partial charge in [0.15, 0.2) is 0 Å². The Kier molecular flexibility index (Phi) is 3.82. The molecule has 2 amide bonds. The van der Waals surface area contributed by atoms with Crippen molar-refractivity contribution in [2.75, 3.05) is 13.6 Å². The molecule has 6 nitrogen and oxygen atoms in total. The summed E-state index contributed by atoms with van der Waals surface area (Å²) in [4.78, 5) is 38.9. The summed E-state index contributed by atoms with van der Waals surface area (Å²) in [5.41, 5.74) is -0.489. The summed E-state index contributed by atoms with van der Waals surface area (Å²) in [6.45, 7) is 9.60. The Labute approximate surface area is 124 Å². The molecule has 0 saturated carbocycles. The minimum absolute atomic E-state index is 0.0319. The zero-order valence-corrected chi connectivity index (χ0v) is 13.0. The molecule has 2 aliphatic heterocycles. The highest BCUT2D eigenvalue weighted by Gasteiger charge is 2.48. The maximum Gasteiger partial charge on any atom is 0.415 e. The number of amides is 2. The largest absolute Gasteiger partial charge is 0.443 e. The van der Waals surface area contributed by atoms with Gasteiger partial charge in [-0.15, -0.1) is 0 Å². The predicted octanol–water partition coefficient (Wildman–Crippen LogP) is 1.56. The molecular weight excluding hydrogens is 272 g/mol. The first-order valence-electron chi connectivity index (χ1n) is 7.12. The second-order valence-electron chi connectivity index (χ2n) is 6.66. The molecule has 2 atom stereocenters. The molecule has 6 heteroatoms. The van der Waals surface area contributed by atoms with Crippen molar-refractivity contribution < 1.29 is 19.1 Å². The highest BCUT2D eigenvalue weighted by molar-refractivity contribution is 6.10. The van der Waals surface area contributed by atoms with Crippen molar-refractivity contribution in [1.82, 2.24) is 9.80 Å². The lowest BCUT2D eigenvalue weighted by molar-refractivity contribution is -0.133. The van der Waals surface area contributed by atoms with Gasteiger partial charge in [-0.3, -0.25) is 14.5 Å². The third-order valence-corrected chi connectivity index (χ3v) is 3.83. The van der Waals surface area contributed by atoms with Crippen molar-refractivity contribution in [2.24, 2.45) is 5.92 Å². The Morgan fingerprint density at radius 2 is 2.00 bits per heavy atom. The smallest absolute Gasteiger partial charge is 0.415 e. The van der Waals surface area contributed by atoms with Crippen LogP contribution in [-0.2, 0) is 14.3 Å². The molecule has 116 valence electrons. The molecule has 0 radical (unpaired) electrons. The number of likely N-dealkylation sites (tertiary alicyclic amines) is 2. The van der Waals surface area contributed by atoms with Crippen molar-refractivity contribution in [1.29, 1.82) is 0 Å². The molecule has 0 aliphatic carbocycles. The van der Waals surface area contributed by atoms with Crippen LogP contribution in [0, 0.1) is 5.92 Å². The normalized spacial score (nSPS) is 26.2. The molecule has 0 N–H and O–H groups in total. The van der Waals surface area contributed by atoms with Crippen LogP contribution < -0.4 is 0 Å². The molecule has 0 bridgehead atoms. The molecule has 21 heavy (non-hydrogen) atoms. The Morgan fingerprint density at radius 1 is 1.38 bits per heavy atom. The quantitative estimate of drug-likeness (QED) is 0.725. The molecule has 2 unspecified atom stereocenters. The molecule has 2 saturated heterocycles. The van der Waals surface area contributed by atoms with E-state index in [9.17, 15) is 14.4 Å². The highest BCUT2D eigenvalue weighted by atomic mass is 16.6. The summed E-state index contributed by atoms with van der Waals surface area (Å²) in [6, 6.07) is -0.618. The van der Waals surface area contributed by atoms with Gasteiger partial charge in [0, 0.05) is 19.5 Å². The van der Waals surface area contributed by atoms with Gasteiger partial charge in [-0.2, -0.15) is 0 Å². The summed E-state index contributed by atoms with van der Waals surface area (Å²) < 4.78 is 5.28. The van der Waals surface area contributed by atoms with Crippen molar-refractivity contribution in [3.8, 4) is 0 Å². The fourth-order valence-electron chi connectivity index (χ4n) is 2.69. The summed E-state index contributed by atoms with van der Waals surface area (Å²) >= 11 is 0. The predicted molar refractivity (Wildman–Crippen MR) is 76.4 cm³/mol. The highest BCUT2D eigenvalue weighted by Crippen LogP contribution is 2.33. The van der Waals surface area contributed by atoms with Gasteiger partial charge < -0.3 is 9.64 Å². The summed E-state index contributed by atoms with van der Waals surface area (Å²) in [7, 11) is 1.75. The molecular formula is C15H22N2O4. The Morgan fingerprint density at radius 3 is 2.48 bits per heavy atom. The average Bonchev–Trinajstić information content (AvgIpc) is 2.67. The SMILES string of the molecule is C=C1C(=O)C(CC2CCN(C)C2=O)N1C(=O)OC(C)(C)C. The third kappa shape index (κ3) is 2.94. The van der Waals surface area contributed by atoms with E-state index in [0.29, 0.717) is 19.4 Å². The number of nitrogens with zero attached hydrogens (tertiary/aromatic N) is 2. The molecule has 2 rings (SSSR count). The number of Topliss-reactive ketones (excluding diaryl/α,β-unsaturated/α-hetero) is 1. The number of hydrogen-bond acceptors (Lipinski definition) is 4. The lowest BCUT2D eigenvalue weighted by atomic mass is 9.88. The van der Waals surface area contributed by atoms with E-state index in [1.165, 1.54) is 4.90 Å². The average molecular weight is 294 g/mol. The Bertz CT molecular complexity index is 506. The number of rotatable bonds is 2. The summed E-state index contributed by atoms with van der Waals surface area (Å²) in [5, 5.41) is 0. The summed E-state index contributed by atoms with van der Waals surface area (Å²) in [5.74, 6) is -0.352. The Hall–Kier alpha value is -1.85. The molecule has 2 aliphatic rings. The van der Waals surface area contributed by atoms with Crippen LogP contribution >= 0.6 is 0 Å². The van der Waals surface area contributed by atoms with E-state index < -0.39 is 17.7 Å². The lowest BCUT2D eigenvalue weighted by Crippen LogP contribution is -2.58. The van der Waals surface area contributed by atoms with E-state index in [1.54, 1.807) is 32.7 Å². The summed E-state index contributed by atoms with van der Waals surface area (Å²) in [6.07, 6.45) is 0.490. The second-order valence-corrected chi connectivity index (χ2v) is 6.66. The first-order valence-corrected chi connectivity index (χ1v) is 7.12. The van der Waals surface area contributed by atoms with Crippen LogP contribution in [0.1, 0.15) is 33.6 Å². The molecule has 0 aromatic rings. The van der Waals surface area contributed by atoms with Crippen LogP contribution in [-0.4, -0.2) is 52.8 Å². The first kappa shape index (κ1) is 15.5. The first-order chi connectivity index (χ1) is 9.61. The fourth-order valence-corrected chi connectivity index (χ4v) is 2.69. The maximum atomic E-state index is 12.1. The van der Waals surface area contributed by atoms with E-state index in [0.717, 1.165) is 0 Å². The van der Waals surface area contributed by atoms with E-state index >= 15 is 0 Å². The van der Waals surface area contributed by atoms with Crippen molar-refractivity contribution >= 4 is 17.8 Å². The topological polar surface area (TPSA) is 66.9 Å². The van der Waals surface area contributed by atoms with Crippen LogP contribution in [0.15, 0.2) is 12.3 Å². The van der Waals surface area contributed by atoms with Crippen LogP contribution in [0.5, 0.6) is 0 Å². The van der Waals surface area contributed by atoms with Crippen molar-refractivity contribution in [3.63, 3.8) is 0 Å². The minimum Gasteiger partial charge on any atom is -0.443 e. The molecule has 2 heterocycles. The number of ketones is 1. The number of carbonyl (C=O) groups is 3. The fraction of sp³-hybridized carbons (Fsp3) is 0.667. The zero-order chi connectivity index (χ0) is 15.9. The molecule has 0 aromatic heterocycles. The maximum absolute atomic E-state index is 12.1. The van der Waals surface area contributed by atoms with Gasteiger partial charge in [0.1, 0.15) is 11.6 Å². The van der Waals surface area contributed by atoms with Gasteiger partial charge in [0.05, 0.1) is 5.70 Å². The van der Waals surface area contributed by atoms with Crippen LogP contribution in [0.4, 0.5) is 4.79 Å². The molecule has 0 aromatic carbocycles. The second kappa shape index (κ2) is 5.16. The van der Waals surface area contributed by atoms with Crippen LogP contribution in [0.25, 0.3) is 0 Å². The van der Waals surface area contributed by atoms with Crippen LogP contribution in [0.3, 0.4) is 0 Å². The van der Waals surface area contributed by atoms with Gasteiger partial charge >= 0.3 is 6.09 Å². The number of carbonyl (C=O) groups excluding carboxylic acids is 3. The zero-order valence-electron chi connectivity index (χ0n) is 13.0. The number of ether oxygens (including phenoxy) is 1. The lowest BCUT2D eigenvalue weighted by Gasteiger charge is -2.41. The van der Waals surface area contributed by atoms with Gasteiger partial charge in [0.2, 0.25) is 11.7 Å². The Balaban J connectivity index is 2.04. The van der Waals surface area contributed by atoms with Crippen LogP contribution in [0.2, 0.25) is 0 Å². The molecule has 2 fully saturated rings. The van der Waals surface area contributed by atoms with Crippen molar-refractivity contribution in [3.05, 3.63) is 12.3 Å². The van der Waals surface area contributed by atoms with Gasteiger partial charge in [-0.25, -0.2) is 4.79 Å². The standard InChI is InChI=1S/C15H22N2O4/c1-9-12(18)11(8-10-6-7-16(5)13(10)19)17(9)14(20)21-15(2,3)4/h10-11H,1,6-8H2,2-5H3. The van der Waals surface area contributed by atoms with E-state index in [4.69, 9.17) is 4.74 Å². The molecule has 0 spiro atoms. The monoisotopic (exact) mass is 294 g/mol. The van der Waals surface area contributed by atoms with E-state index in [2.05, 4.69) is 6.58 Å². The van der Waals surface area contributed by atoms with Gasteiger partial charge in [-0.1, -0.05) is 6.58 Å². The number of hydrogen-bond donors (Lipinski definition) is 0. The van der Waals surface area contributed by atoms with E-state index in [-0.39, 0.29) is 23.3 Å².